The van der Waals surface area contributed by atoms with E-state index < -0.39 is 0 Å². The molecule has 20 heavy (non-hydrogen) atoms. The van der Waals surface area contributed by atoms with E-state index >= 15 is 0 Å². The predicted octanol–water partition coefficient (Wildman–Crippen LogP) is 2.92. The van der Waals surface area contributed by atoms with Crippen molar-refractivity contribution in [2.24, 2.45) is 0 Å². The molecular weight excluding hydrogens is 254 g/mol. The van der Waals surface area contributed by atoms with E-state index in [0.29, 0.717) is 6.10 Å². The molecule has 1 heterocycles. The first kappa shape index (κ1) is 15.1. The molecule has 0 spiro atoms. The summed E-state index contributed by atoms with van der Waals surface area (Å²) in [6, 6.07) is 6.28. The van der Waals surface area contributed by atoms with Crippen LogP contribution in [0.2, 0.25) is 0 Å². The van der Waals surface area contributed by atoms with E-state index in [1.807, 2.05) is 19.2 Å². The lowest BCUT2D eigenvalue weighted by atomic mass is 9.98. The number of hydrogen-bond acceptors (Lipinski definition) is 4. The molecule has 4 heteroatoms. The van der Waals surface area contributed by atoms with E-state index in [1.165, 1.54) is 12.8 Å². The summed E-state index contributed by atoms with van der Waals surface area (Å²) < 4.78 is 16.6. The molecule has 2 atom stereocenters. The van der Waals surface area contributed by atoms with Crippen LogP contribution in [0.4, 0.5) is 0 Å². The molecule has 1 fully saturated rings. The Kier molecular flexibility index (Phi) is 5.68. The van der Waals surface area contributed by atoms with Gasteiger partial charge in [0, 0.05) is 18.2 Å². The van der Waals surface area contributed by atoms with Crippen LogP contribution in [0.15, 0.2) is 18.2 Å². The minimum Gasteiger partial charge on any atom is -0.493 e. The highest BCUT2D eigenvalue weighted by Gasteiger charge is 2.21. The second-order valence-corrected chi connectivity index (χ2v) is 5.14. The lowest BCUT2D eigenvalue weighted by Gasteiger charge is -2.22. The van der Waals surface area contributed by atoms with Gasteiger partial charge >= 0.3 is 0 Å². The van der Waals surface area contributed by atoms with Crippen molar-refractivity contribution >= 4 is 0 Å². The van der Waals surface area contributed by atoms with E-state index in [9.17, 15) is 0 Å². The molecule has 0 amide bonds. The van der Waals surface area contributed by atoms with Gasteiger partial charge in [0.25, 0.3) is 0 Å². The summed E-state index contributed by atoms with van der Waals surface area (Å²) in [6.07, 6.45) is 4.90. The molecule has 2 unspecified atom stereocenters. The van der Waals surface area contributed by atoms with Gasteiger partial charge in [-0.15, -0.1) is 0 Å². The molecule has 0 saturated carbocycles. The standard InChI is InChI=1S/C16H25NO3/c1-17-14(10-9-12-6-5-11-20-12)13-7-4-8-15(18-2)16(13)19-3/h4,7-8,12,14,17H,5-6,9-11H2,1-3H3. The van der Waals surface area contributed by atoms with Crippen LogP contribution in [0.3, 0.4) is 0 Å². The maximum atomic E-state index is 5.70. The number of benzene rings is 1. The van der Waals surface area contributed by atoms with Crippen molar-refractivity contribution in [3.05, 3.63) is 23.8 Å². The number of rotatable bonds is 7. The molecule has 0 aromatic heterocycles. The molecule has 0 radical (unpaired) electrons. The fourth-order valence-electron chi connectivity index (χ4n) is 2.87. The molecule has 1 aliphatic rings. The molecule has 0 aliphatic carbocycles. The van der Waals surface area contributed by atoms with Crippen LogP contribution in [0.1, 0.15) is 37.3 Å². The normalized spacial score (nSPS) is 19.9. The van der Waals surface area contributed by atoms with Crippen LogP contribution in [-0.2, 0) is 4.74 Å². The van der Waals surface area contributed by atoms with Crippen LogP contribution in [0, 0.1) is 0 Å². The summed E-state index contributed by atoms with van der Waals surface area (Å²) in [6.45, 7) is 0.914. The van der Waals surface area contributed by atoms with Crippen molar-refractivity contribution in [3.63, 3.8) is 0 Å². The van der Waals surface area contributed by atoms with Gasteiger partial charge in [0.15, 0.2) is 11.5 Å². The first-order valence-corrected chi connectivity index (χ1v) is 7.30. The second-order valence-electron chi connectivity index (χ2n) is 5.14. The highest BCUT2D eigenvalue weighted by Crippen LogP contribution is 2.36. The van der Waals surface area contributed by atoms with Crippen LogP contribution in [0.5, 0.6) is 11.5 Å². The summed E-state index contributed by atoms with van der Waals surface area (Å²) in [5.74, 6) is 1.60. The third kappa shape index (κ3) is 3.44. The SMILES string of the molecule is CNC(CCC1CCCO1)c1cccc(OC)c1OC. The summed E-state index contributed by atoms with van der Waals surface area (Å²) in [5.41, 5.74) is 1.15. The van der Waals surface area contributed by atoms with E-state index in [4.69, 9.17) is 14.2 Å². The molecule has 1 saturated heterocycles. The first-order valence-electron chi connectivity index (χ1n) is 7.30. The van der Waals surface area contributed by atoms with Crippen LogP contribution >= 0.6 is 0 Å². The Hall–Kier alpha value is -1.26. The quantitative estimate of drug-likeness (QED) is 0.833. The average molecular weight is 279 g/mol. The number of nitrogens with one attached hydrogen (secondary N) is 1. The minimum absolute atomic E-state index is 0.254. The predicted molar refractivity (Wildman–Crippen MR) is 79.6 cm³/mol. The topological polar surface area (TPSA) is 39.7 Å². The van der Waals surface area contributed by atoms with Crippen molar-refractivity contribution in [1.29, 1.82) is 0 Å². The van der Waals surface area contributed by atoms with E-state index in [-0.39, 0.29) is 6.04 Å². The van der Waals surface area contributed by atoms with Gasteiger partial charge in [-0.3, -0.25) is 0 Å². The van der Waals surface area contributed by atoms with Crippen LogP contribution in [-0.4, -0.2) is 34.0 Å². The monoisotopic (exact) mass is 279 g/mol. The van der Waals surface area contributed by atoms with Gasteiger partial charge in [0.2, 0.25) is 0 Å². The summed E-state index contributed by atoms with van der Waals surface area (Å²) in [5, 5.41) is 3.38. The Morgan fingerprint density at radius 1 is 1.35 bits per heavy atom. The lowest BCUT2D eigenvalue weighted by Crippen LogP contribution is -2.19. The fraction of sp³-hybridized carbons (Fsp3) is 0.625. The molecule has 2 rings (SSSR count). The first-order chi connectivity index (χ1) is 9.80. The van der Waals surface area contributed by atoms with Crippen molar-refractivity contribution in [1.82, 2.24) is 5.32 Å². The van der Waals surface area contributed by atoms with Gasteiger partial charge in [-0.25, -0.2) is 0 Å². The van der Waals surface area contributed by atoms with Crippen molar-refractivity contribution in [2.75, 3.05) is 27.9 Å². The summed E-state index contributed by atoms with van der Waals surface area (Å²) >= 11 is 0. The summed E-state index contributed by atoms with van der Waals surface area (Å²) in [4.78, 5) is 0. The zero-order chi connectivity index (χ0) is 14.4. The Balaban J connectivity index is 2.09. The molecule has 1 aromatic carbocycles. The Labute approximate surface area is 121 Å². The molecule has 4 nitrogen and oxygen atoms in total. The molecular formula is C16H25NO3. The third-order valence-corrected chi connectivity index (χ3v) is 3.96. The minimum atomic E-state index is 0.254. The Morgan fingerprint density at radius 3 is 2.80 bits per heavy atom. The maximum Gasteiger partial charge on any atom is 0.165 e. The van der Waals surface area contributed by atoms with Gasteiger partial charge < -0.3 is 19.5 Å². The average Bonchev–Trinajstić information content (AvgIpc) is 3.00. The van der Waals surface area contributed by atoms with Gasteiger partial charge in [0.05, 0.1) is 20.3 Å². The Morgan fingerprint density at radius 2 is 2.20 bits per heavy atom. The highest BCUT2D eigenvalue weighted by atomic mass is 16.5. The van der Waals surface area contributed by atoms with Crippen LogP contribution < -0.4 is 14.8 Å². The zero-order valence-electron chi connectivity index (χ0n) is 12.6. The number of methoxy groups -OCH3 is 2. The van der Waals surface area contributed by atoms with Gasteiger partial charge in [-0.2, -0.15) is 0 Å². The van der Waals surface area contributed by atoms with Gasteiger partial charge in [0.1, 0.15) is 0 Å². The number of hydrogen-bond donors (Lipinski definition) is 1. The van der Waals surface area contributed by atoms with E-state index in [0.717, 1.165) is 36.5 Å². The van der Waals surface area contributed by atoms with Crippen molar-refractivity contribution in [2.45, 2.75) is 37.8 Å². The molecule has 1 N–H and O–H groups in total. The van der Waals surface area contributed by atoms with Crippen molar-refractivity contribution in [3.8, 4) is 11.5 Å². The van der Waals surface area contributed by atoms with Gasteiger partial charge in [-0.05, 0) is 38.8 Å². The highest BCUT2D eigenvalue weighted by molar-refractivity contribution is 5.48. The van der Waals surface area contributed by atoms with Crippen molar-refractivity contribution < 1.29 is 14.2 Å². The van der Waals surface area contributed by atoms with Crippen LogP contribution in [0.25, 0.3) is 0 Å². The molecule has 0 bridgehead atoms. The van der Waals surface area contributed by atoms with Gasteiger partial charge in [-0.1, -0.05) is 12.1 Å². The lowest BCUT2D eigenvalue weighted by molar-refractivity contribution is 0.0997. The Bertz CT molecular complexity index is 416. The third-order valence-electron chi connectivity index (χ3n) is 3.96. The number of ether oxygens (including phenoxy) is 3. The smallest absolute Gasteiger partial charge is 0.165 e. The fourth-order valence-corrected chi connectivity index (χ4v) is 2.87. The number of para-hydroxylation sites is 1. The second kappa shape index (κ2) is 7.50. The maximum absolute atomic E-state index is 5.70. The zero-order valence-corrected chi connectivity index (χ0v) is 12.6. The van der Waals surface area contributed by atoms with E-state index in [1.54, 1.807) is 14.2 Å². The molecule has 1 aromatic rings. The summed E-state index contributed by atoms with van der Waals surface area (Å²) in [7, 11) is 5.34. The van der Waals surface area contributed by atoms with E-state index in [2.05, 4.69) is 11.4 Å². The molecule has 1 aliphatic heterocycles. The largest absolute Gasteiger partial charge is 0.493 e. The molecule has 112 valence electrons.